The molecule has 0 aromatic heterocycles. The van der Waals surface area contributed by atoms with Crippen LogP contribution in [-0.2, 0) is 0 Å². The Morgan fingerprint density at radius 2 is 2.07 bits per heavy atom. The zero-order chi connectivity index (χ0) is 10.0. The minimum atomic E-state index is -0.331. The van der Waals surface area contributed by atoms with E-state index >= 15 is 0 Å². The third kappa shape index (κ3) is 2.29. The van der Waals surface area contributed by atoms with Crippen molar-refractivity contribution in [2.24, 2.45) is 5.92 Å². The molecule has 1 unspecified atom stereocenters. The second-order valence-electron chi connectivity index (χ2n) is 5.23. The third-order valence-corrected chi connectivity index (χ3v) is 4.00. The maximum Gasteiger partial charge on any atom is 0.0774 e. The lowest BCUT2D eigenvalue weighted by Crippen LogP contribution is -2.40. The third-order valence-electron chi connectivity index (χ3n) is 4.00. The highest BCUT2D eigenvalue weighted by Crippen LogP contribution is 2.31. The molecular weight excluding hydrogens is 174 g/mol. The predicted octanol–water partition coefficient (Wildman–Crippen LogP) is 2.02. The summed E-state index contributed by atoms with van der Waals surface area (Å²) in [7, 11) is 0. The molecule has 1 N–H and O–H groups in total. The average Bonchev–Trinajstić information content (AvgIpc) is 2.75. The van der Waals surface area contributed by atoms with Crippen molar-refractivity contribution < 1.29 is 5.11 Å². The molecule has 1 saturated heterocycles. The highest BCUT2D eigenvalue weighted by Gasteiger charge is 2.34. The molecule has 0 spiro atoms. The fraction of sp³-hybridized carbons (Fsp3) is 1.00. The maximum absolute atomic E-state index is 10.3. The van der Waals surface area contributed by atoms with Gasteiger partial charge in [0.15, 0.2) is 0 Å². The number of likely N-dealkylation sites (tertiary alicyclic amines) is 1. The number of rotatable bonds is 3. The van der Waals surface area contributed by atoms with Crippen LogP contribution in [0.2, 0.25) is 0 Å². The van der Waals surface area contributed by atoms with E-state index in [4.69, 9.17) is 0 Å². The standard InChI is InChI=1S/C12H23NO/c1-2-11-5-8-13(9-11)10-12(14)6-3-4-7-12/h11,14H,2-10H2,1H3. The van der Waals surface area contributed by atoms with E-state index in [0.29, 0.717) is 0 Å². The lowest BCUT2D eigenvalue weighted by atomic mass is 10.0. The molecule has 2 fully saturated rings. The summed E-state index contributed by atoms with van der Waals surface area (Å²) in [6.07, 6.45) is 7.14. The highest BCUT2D eigenvalue weighted by atomic mass is 16.3. The predicted molar refractivity (Wildman–Crippen MR) is 58.3 cm³/mol. The van der Waals surface area contributed by atoms with Crippen LogP contribution in [0.3, 0.4) is 0 Å². The Labute approximate surface area is 87.3 Å². The minimum Gasteiger partial charge on any atom is -0.389 e. The Balaban J connectivity index is 1.80. The molecule has 82 valence electrons. The van der Waals surface area contributed by atoms with Crippen LogP contribution in [0, 0.1) is 5.92 Å². The van der Waals surface area contributed by atoms with E-state index in [0.717, 1.165) is 25.3 Å². The molecule has 1 aliphatic carbocycles. The van der Waals surface area contributed by atoms with Crippen molar-refractivity contribution in [3.05, 3.63) is 0 Å². The van der Waals surface area contributed by atoms with E-state index in [1.54, 1.807) is 0 Å². The van der Waals surface area contributed by atoms with Crippen molar-refractivity contribution in [2.45, 2.75) is 51.0 Å². The molecule has 0 aromatic rings. The van der Waals surface area contributed by atoms with Crippen molar-refractivity contribution in [3.8, 4) is 0 Å². The molecule has 2 heteroatoms. The quantitative estimate of drug-likeness (QED) is 0.748. The lowest BCUT2D eigenvalue weighted by molar-refractivity contribution is 0.0148. The molecule has 1 heterocycles. The molecule has 1 atom stereocenters. The van der Waals surface area contributed by atoms with Crippen LogP contribution in [-0.4, -0.2) is 35.2 Å². The Morgan fingerprint density at radius 3 is 2.64 bits per heavy atom. The normalized spacial score (nSPS) is 32.6. The number of nitrogens with zero attached hydrogens (tertiary/aromatic N) is 1. The van der Waals surface area contributed by atoms with Gasteiger partial charge in [-0.25, -0.2) is 0 Å². The zero-order valence-corrected chi connectivity index (χ0v) is 9.34. The Hall–Kier alpha value is -0.0800. The van der Waals surface area contributed by atoms with Crippen molar-refractivity contribution >= 4 is 0 Å². The first kappa shape index (κ1) is 10.4. The second-order valence-corrected chi connectivity index (χ2v) is 5.23. The molecule has 1 aliphatic heterocycles. The average molecular weight is 197 g/mol. The van der Waals surface area contributed by atoms with Gasteiger partial charge in [0.25, 0.3) is 0 Å². The van der Waals surface area contributed by atoms with Crippen LogP contribution in [0.15, 0.2) is 0 Å². The first-order chi connectivity index (χ1) is 6.72. The van der Waals surface area contributed by atoms with E-state index in [2.05, 4.69) is 11.8 Å². The van der Waals surface area contributed by atoms with Crippen LogP contribution in [0.4, 0.5) is 0 Å². The van der Waals surface area contributed by atoms with Gasteiger partial charge in [-0.3, -0.25) is 0 Å². The summed E-state index contributed by atoms with van der Waals surface area (Å²) in [5.41, 5.74) is -0.331. The Kier molecular flexibility index (Phi) is 3.13. The number of hydrogen-bond acceptors (Lipinski definition) is 2. The van der Waals surface area contributed by atoms with Gasteiger partial charge in [0.05, 0.1) is 5.60 Å². The summed E-state index contributed by atoms with van der Waals surface area (Å²) in [6, 6.07) is 0. The topological polar surface area (TPSA) is 23.5 Å². The van der Waals surface area contributed by atoms with Gasteiger partial charge < -0.3 is 10.0 Å². The molecule has 0 radical (unpaired) electrons. The summed E-state index contributed by atoms with van der Waals surface area (Å²) >= 11 is 0. The van der Waals surface area contributed by atoms with Gasteiger partial charge in [-0.15, -0.1) is 0 Å². The zero-order valence-electron chi connectivity index (χ0n) is 9.34. The first-order valence-corrected chi connectivity index (χ1v) is 6.16. The van der Waals surface area contributed by atoms with Gasteiger partial charge in [-0.2, -0.15) is 0 Å². The van der Waals surface area contributed by atoms with Crippen LogP contribution in [0.5, 0.6) is 0 Å². The van der Waals surface area contributed by atoms with Crippen LogP contribution < -0.4 is 0 Å². The monoisotopic (exact) mass is 197 g/mol. The van der Waals surface area contributed by atoms with E-state index in [1.807, 2.05) is 0 Å². The van der Waals surface area contributed by atoms with Crippen molar-refractivity contribution in [3.63, 3.8) is 0 Å². The van der Waals surface area contributed by atoms with Crippen molar-refractivity contribution in [1.29, 1.82) is 0 Å². The molecule has 14 heavy (non-hydrogen) atoms. The van der Waals surface area contributed by atoms with E-state index in [1.165, 1.54) is 38.8 Å². The molecule has 0 aromatic carbocycles. The summed E-state index contributed by atoms with van der Waals surface area (Å²) in [6.45, 7) is 5.64. The lowest BCUT2D eigenvalue weighted by Gasteiger charge is -2.28. The van der Waals surface area contributed by atoms with Crippen LogP contribution in [0.1, 0.15) is 45.4 Å². The SMILES string of the molecule is CCC1CCN(CC2(O)CCCC2)C1. The minimum absolute atomic E-state index is 0.331. The van der Waals surface area contributed by atoms with Gasteiger partial charge in [0, 0.05) is 13.1 Å². The summed E-state index contributed by atoms with van der Waals surface area (Å²) in [5, 5.41) is 10.3. The van der Waals surface area contributed by atoms with Gasteiger partial charge in [-0.05, 0) is 31.7 Å². The van der Waals surface area contributed by atoms with E-state index in [9.17, 15) is 5.11 Å². The van der Waals surface area contributed by atoms with Crippen molar-refractivity contribution in [1.82, 2.24) is 4.90 Å². The summed E-state index contributed by atoms with van der Waals surface area (Å²) < 4.78 is 0. The Morgan fingerprint density at radius 1 is 1.36 bits per heavy atom. The van der Waals surface area contributed by atoms with Gasteiger partial charge in [0.1, 0.15) is 0 Å². The first-order valence-electron chi connectivity index (χ1n) is 6.16. The fourth-order valence-corrected chi connectivity index (χ4v) is 3.00. The second kappa shape index (κ2) is 4.19. The summed E-state index contributed by atoms with van der Waals surface area (Å²) in [5.74, 6) is 0.889. The number of aliphatic hydroxyl groups is 1. The number of hydrogen-bond donors (Lipinski definition) is 1. The van der Waals surface area contributed by atoms with Crippen LogP contribution in [0.25, 0.3) is 0 Å². The largest absolute Gasteiger partial charge is 0.389 e. The Bertz CT molecular complexity index is 187. The molecule has 2 nitrogen and oxygen atoms in total. The molecule has 0 bridgehead atoms. The van der Waals surface area contributed by atoms with Gasteiger partial charge in [0.2, 0.25) is 0 Å². The fourth-order valence-electron chi connectivity index (χ4n) is 3.00. The summed E-state index contributed by atoms with van der Waals surface area (Å²) in [4.78, 5) is 2.47. The van der Waals surface area contributed by atoms with E-state index < -0.39 is 0 Å². The molecule has 2 rings (SSSR count). The molecular formula is C12H23NO. The van der Waals surface area contributed by atoms with E-state index in [-0.39, 0.29) is 5.60 Å². The maximum atomic E-state index is 10.3. The molecule has 1 saturated carbocycles. The highest BCUT2D eigenvalue weighted by molar-refractivity contribution is 4.89. The molecule has 2 aliphatic rings. The number of β-amino-alcohol motifs (C(OH)–C–C–N with tert-alkyl or cyclic N) is 1. The van der Waals surface area contributed by atoms with Crippen molar-refractivity contribution in [2.75, 3.05) is 19.6 Å². The molecule has 0 amide bonds. The smallest absolute Gasteiger partial charge is 0.0774 e. The van der Waals surface area contributed by atoms with Gasteiger partial charge >= 0.3 is 0 Å². The van der Waals surface area contributed by atoms with Crippen LogP contribution >= 0.6 is 0 Å². The van der Waals surface area contributed by atoms with Gasteiger partial charge in [-0.1, -0.05) is 26.2 Å².